The van der Waals surface area contributed by atoms with Crippen molar-refractivity contribution < 1.29 is 13.2 Å². The third kappa shape index (κ3) is 4.86. The van der Waals surface area contributed by atoms with Crippen LogP contribution in [0.2, 0.25) is 0 Å². The number of alkyl halides is 4. The summed E-state index contributed by atoms with van der Waals surface area (Å²) in [6.45, 7) is 3.84. The first-order chi connectivity index (χ1) is 8.35. The fraction of sp³-hybridized carbons (Fsp3) is 0.727. The van der Waals surface area contributed by atoms with Crippen molar-refractivity contribution in [1.82, 2.24) is 14.7 Å². The normalized spacial score (nSPS) is 12.4. The van der Waals surface area contributed by atoms with Gasteiger partial charge in [0.15, 0.2) is 0 Å². The summed E-state index contributed by atoms with van der Waals surface area (Å²) >= 11 is 5.54. The highest BCUT2D eigenvalue weighted by molar-refractivity contribution is 6.18. The maximum Gasteiger partial charge on any atom is 0.401 e. The van der Waals surface area contributed by atoms with E-state index in [9.17, 15) is 13.2 Å². The SMILES string of the molecule is CCn1nc(C)cc1CN(CCCl)CC(F)(F)F. The lowest BCUT2D eigenvalue weighted by Gasteiger charge is -2.22. The minimum Gasteiger partial charge on any atom is -0.288 e. The number of aryl methyl sites for hydroxylation is 2. The fourth-order valence-corrected chi connectivity index (χ4v) is 2.06. The van der Waals surface area contributed by atoms with Crippen LogP contribution in [-0.4, -0.2) is 39.8 Å². The Bertz CT molecular complexity index is 376. The molecule has 1 rings (SSSR count). The van der Waals surface area contributed by atoms with E-state index in [1.54, 1.807) is 10.7 Å². The van der Waals surface area contributed by atoms with Gasteiger partial charge in [-0.15, -0.1) is 11.6 Å². The van der Waals surface area contributed by atoms with Crippen LogP contribution < -0.4 is 0 Å². The minimum absolute atomic E-state index is 0.176. The Morgan fingerprint density at radius 3 is 2.61 bits per heavy atom. The summed E-state index contributed by atoms with van der Waals surface area (Å²) in [7, 11) is 0. The van der Waals surface area contributed by atoms with E-state index in [-0.39, 0.29) is 19.0 Å². The average molecular weight is 284 g/mol. The van der Waals surface area contributed by atoms with Gasteiger partial charge in [-0.05, 0) is 19.9 Å². The molecule has 3 nitrogen and oxygen atoms in total. The summed E-state index contributed by atoms with van der Waals surface area (Å²) in [6, 6.07) is 1.81. The molecule has 0 aliphatic heterocycles. The number of rotatable bonds is 6. The predicted octanol–water partition coefficient (Wildman–Crippen LogP) is 2.81. The van der Waals surface area contributed by atoms with Gasteiger partial charge in [0.25, 0.3) is 0 Å². The molecule has 1 aromatic rings. The third-order valence-electron chi connectivity index (χ3n) is 2.47. The molecule has 1 heterocycles. The highest BCUT2D eigenvalue weighted by atomic mass is 35.5. The van der Waals surface area contributed by atoms with Crippen molar-refractivity contribution in [2.75, 3.05) is 19.0 Å². The molecule has 18 heavy (non-hydrogen) atoms. The molecule has 0 aliphatic carbocycles. The standard InChI is InChI=1S/C11H17ClF3N3/c1-3-18-10(6-9(2)16-18)7-17(5-4-12)8-11(13,14)15/h6H,3-5,7-8H2,1-2H3. The van der Waals surface area contributed by atoms with E-state index in [0.717, 1.165) is 11.4 Å². The van der Waals surface area contributed by atoms with Gasteiger partial charge in [0.1, 0.15) is 0 Å². The van der Waals surface area contributed by atoms with Crippen molar-refractivity contribution in [2.24, 2.45) is 0 Å². The van der Waals surface area contributed by atoms with Gasteiger partial charge in [-0.3, -0.25) is 9.58 Å². The van der Waals surface area contributed by atoms with Gasteiger partial charge in [0.05, 0.1) is 17.9 Å². The lowest BCUT2D eigenvalue weighted by atomic mass is 10.3. The largest absolute Gasteiger partial charge is 0.401 e. The van der Waals surface area contributed by atoms with E-state index in [4.69, 9.17) is 11.6 Å². The molecule has 0 aromatic carbocycles. The molecule has 0 bridgehead atoms. The number of aromatic nitrogens is 2. The molecule has 1 aromatic heterocycles. The molecule has 0 saturated carbocycles. The topological polar surface area (TPSA) is 21.1 Å². The maximum atomic E-state index is 12.4. The number of hydrogen-bond donors (Lipinski definition) is 0. The summed E-state index contributed by atoms with van der Waals surface area (Å²) in [4.78, 5) is 1.29. The lowest BCUT2D eigenvalue weighted by molar-refractivity contribution is -0.146. The van der Waals surface area contributed by atoms with Crippen LogP contribution in [0, 0.1) is 6.92 Å². The fourth-order valence-electron chi connectivity index (χ4n) is 1.82. The average Bonchev–Trinajstić information content (AvgIpc) is 2.56. The summed E-state index contributed by atoms with van der Waals surface area (Å²) in [5, 5.41) is 4.21. The molecule has 0 aliphatic rings. The highest BCUT2D eigenvalue weighted by Gasteiger charge is 2.30. The second-order valence-corrected chi connectivity index (χ2v) is 4.49. The Morgan fingerprint density at radius 1 is 1.44 bits per heavy atom. The van der Waals surface area contributed by atoms with E-state index in [2.05, 4.69) is 5.10 Å². The first-order valence-corrected chi connectivity index (χ1v) is 6.27. The van der Waals surface area contributed by atoms with Crippen LogP contribution in [0.1, 0.15) is 18.3 Å². The van der Waals surface area contributed by atoms with Gasteiger partial charge < -0.3 is 0 Å². The first-order valence-electron chi connectivity index (χ1n) is 5.74. The Morgan fingerprint density at radius 2 is 2.11 bits per heavy atom. The Kier molecular flexibility index (Phi) is 5.47. The van der Waals surface area contributed by atoms with Gasteiger partial charge >= 0.3 is 6.18 Å². The van der Waals surface area contributed by atoms with Gasteiger partial charge in [0, 0.05) is 25.5 Å². The Hall–Kier alpha value is -0.750. The van der Waals surface area contributed by atoms with E-state index in [0.29, 0.717) is 6.54 Å². The van der Waals surface area contributed by atoms with E-state index in [1.807, 2.05) is 13.8 Å². The Balaban J connectivity index is 2.75. The van der Waals surface area contributed by atoms with Crippen molar-refractivity contribution in [3.05, 3.63) is 17.5 Å². The predicted molar refractivity (Wildman–Crippen MR) is 64.7 cm³/mol. The molecule has 7 heteroatoms. The van der Waals surface area contributed by atoms with Gasteiger partial charge in [-0.25, -0.2) is 0 Å². The van der Waals surface area contributed by atoms with E-state index >= 15 is 0 Å². The zero-order valence-corrected chi connectivity index (χ0v) is 11.2. The first kappa shape index (κ1) is 15.3. The lowest BCUT2D eigenvalue weighted by Crippen LogP contribution is -2.35. The quantitative estimate of drug-likeness (QED) is 0.749. The number of halogens is 4. The smallest absolute Gasteiger partial charge is 0.288 e. The molecular weight excluding hydrogens is 267 g/mol. The number of hydrogen-bond acceptors (Lipinski definition) is 2. The van der Waals surface area contributed by atoms with Gasteiger partial charge in [0.2, 0.25) is 0 Å². The van der Waals surface area contributed by atoms with E-state index in [1.165, 1.54) is 4.90 Å². The molecule has 104 valence electrons. The maximum absolute atomic E-state index is 12.4. The van der Waals surface area contributed by atoms with Crippen molar-refractivity contribution >= 4 is 11.6 Å². The molecule has 0 radical (unpaired) electrons. The summed E-state index contributed by atoms with van der Waals surface area (Å²) in [6.07, 6.45) is -4.21. The number of nitrogens with zero attached hydrogens (tertiary/aromatic N) is 3. The molecule has 0 unspecified atom stereocenters. The van der Waals surface area contributed by atoms with E-state index < -0.39 is 12.7 Å². The minimum atomic E-state index is -4.21. The van der Waals surface area contributed by atoms with Gasteiger partial charge in [-0.2, -0.15) is 18.3 Å². The van der Waals surface area contributed by atoms with Crippen LogP contribution >= 0.6 is 11.6 Å². The Labute approximate surface area is 110 Å². The monoisotopic (exact) mass is 283 g/mol. The zero-order valence-electron chi connectivity index (χ0n) is 10.5. The summed E-state index contributed by atoms with van der Waals surface area (Å²) in [5.41, 5.74) is 1.59. The second-order valence-electron chi connectivity index (χ2n) is 4.11. The second kappa shape index (κ2) is 6.43. The van der Waals surface area contributed by atoms with Crippen molar-refractivity contribution in [3.63, 3.8) is 0 Å². The summed E-state index contributed by atoms with van der Waals surface area (Å²) < 4.78 is 39.0. The molecule has 0 N–H and O–H groups in total. The van der Waals surface area contributed by atoms with Gasteiger partial charge in [-0.1, -0.05) is 0 Å². The van der Waals surface area contributed by atoms with Crippen LogP contribution in [-0.2, 0) is 13.1 Å². The van der Waals surface area contributed by atoms with Crippen LogP contribution in [0.4, 0.5) is 13.2 Å². The van der Waals surface area contributed by atoms with Crippen molar-refractivity contribution in [1.29, 1.82) is 0 Å². The van der Waals surface area contributed by atoms with Crippen LogP contribution in [0.25, 0.3) is 0 Å². The highest BCUT2D eigenvalue weighted by Crippen LogP contribution is 2.18. The van der Waals surface area contributed by atoms with Crippen LogP contribution in [0.15, 0.2) is 6.07 Å². The van der Waals surface area contributed by atoms with Crippen LogP contribution in [0.3, 0.4) is 0 Å². The molecule has 0 saturated heterocycles. The van der Waals surface area contributed by atoms with Crippen LogP contribution in [0.5, 0.6) is 0 Å². The molecule has 0 spiro atoms. The molecule has 0 atom stereocenters. The molecular formula is C11H17ClF3N3. The molecule has 0 amide bonds. The zero-order chi connectivity index (χ0) is 13.8. The van der Waals surface area contributed by atoms with Crippen molar-refractivity contribution in [2.45, 2.75) is 33.1 Å². The third-order valence-corrected chi connectivity index (χ3v) is 2.64. The molecule has 0 fully saturated rings. The van der Waals surface area contributed by atoms with Crippen molar-refractivity contribution in [3.8, 4) is 0 Å². The summed E-state index contributed by atoms with van der Waals surface area (Å²) in [5.74, 6) is 0.176.